The van der Waals surface area contributed by atoms with Crippen LogP contribution in [-0.2, 0) is 19.6 Å². The highest BCUT2D eigenvalue weighted by molar-refractivity contribution is 7.89. The van der Waals surface area contributed by atoms with Gasteiger partial charge >= 0.3 is 5.97 Å². The van der Waals surface area contributed by atoms with Crippen molar-refractivity contribution in [1.29, 1.82) is 0 Å². The Balaban J connectivity index is 1.63. The maximum Gasteiger partial charge on any atom is 0.338 e. The van der Waals surface area contributed by atoms with Gasteiger partial charge in [0.25, 0.3) is 5.91 Å². The van der Waals surface area contributed by atoms with Crippen LogP contribution in [0.15, 0.2) is 66.1 Å². The number of sulfonamides is 1. The van der Waals surface area contributed by atoms with Gasteiger partial charge in [-0.05, 0) is 42.5 Å². The number of amides is 1. The number of hydrogen-bond donors (Lipinski definition) is 1. The Morgan fingerprint density at radius 3 is 2.44 bits per heavy atom. The molecule has 1 amide bonds. The van der Waals surface area contributed by atoms with Gasteiger partial charge in [0.2, 0.25) is 10.0 Å². The van der Waals surface area contributed by atoms with Crippen molar-refractivity contribution >= 4 is 27.6 Å². The van der Waals surface area contributed by atoms with E-state index >= 15 is 0 Å². The standard InChI is InChI=1S/C22H24FN3O5S/c1-2-10-24-21(27)16-31-22(28)17-4-3-5-20(15-17)32(29,30)26-13-11-25(12-14-26)19-8-6-18(23)7-9-19/h2-9,15H,1,10-14,16H2,(H,24,27). The van der Waals surface area contributed by atoms with E-state index in [0.717, 1.165) is 5.69 Å². The molecule has 1 N–H and O–H groups in total. The average molecular weight is 462 g/mol. The summed E-state index contributed by atoms with van der Waals surface area (Å²) in [5.41, 5.74) is 0.859. The Morgan fingerprint density at radius 1 is 1.09 bits per heavy atom. The van der Waals surface area contributed by atoms with Crippen LogP contribution >= 0.6 is 0 Å². The normalized spacial score (nSPS) is 14.6. The van der Waals surface area contributed by atoms with Gasteiger partial charge in [0.1, 0.15) is 5.82 Å². The Kier molecular flexibility index (Phi) is 7.60. The zero-order valence-electron chi connectivity index (χ0n) is 17.4. The third-order valence-electron chi connectivity index (χ3n) is 4.92. The third-order valence-corrected chi connectivity index (χ3v) is 6.81. The number of halogens is 1. The Morgan fingerprint density at radius 2 is 1.78 bits per heavy atom. The summed E-state index contributed by atoms with van der Waals surface area (Å²) in [6.07, 6.45) is 1.49. The molecule has 0 saturated carbocycles. The molecule has 1 aliphatic rings. The maximum absolute atomic E-state index is 13.1. The van der Waals surface area contributed by atoms with Gasteiger partial charge in [-0.1, -0.05) is 12.1 Å². The Labute approximate surface area is 186 Å². The van der Waals surface area contributed by atoms with E-state index in [1.807, 2.05) is 4.90 Å². The minimum atomic E-state index is -3.83. The molecule has 0 atom stereocenters. The summed E-state index contributed by atoms with van der Waals surface area (Å²) >= 11 is 0. The first kappa shape index (κ1) is 23.4. The number of piperazine rings is 1. The van der Waals surface area contributed by atoms with Crippen LogP contribution in [0.2, 0.25) is 0 Å². The molecule has 0 radical (unpaired) electrons. The lowest BCUT2D eigenvalue weighted by molar-refractivity contribution is -0.124. The maximum atomic E-state index is 13.1. The van der Waals surface area contributed by atoms with Crippen molar-refractivity contribution < 1.29 is 27.1 Å². The predicted octanol–water partition coefficient (Wildman–Crippen LogP) is 1.80. The number of carbonyl (C=O) groups excluding carboxylic acids is 2. The fourth-order valence-corrected chi connectivity index (χ4v) is 4.69. The lowest BCUT2D eigenvalue weighted by atomic mass is 10.2. The third kappa shape index (κ3) is 5.71. The monoisotopic (exact) mass is 461 g/mol. The van der Waals surface area contributed by atoms with E-state index in [4.69, 9.17) is 4.74 Å². The predicted molar refractivity (Wildman–Crippen MR) is 117 cm³/mol. The molecule has 10 heteroatoms. The van der Waals surface area contributed by atoms with E-state index in [1.165, 1.54) is 46.8 Å². The Bertz CT molecular complexity index is 1080. The molecule has 0 aromatic heterocycles. The van der Waals surface area contributed by atoms with Crippen molar-refractivity contribution in [1.82, 2.24) is 9.62 Å². The van der Waals surface area contributed by atoms with Crippen LogP contribution in [0, 0.1) is 5.82 Å². The lowest BCUT2D eigenvalue weighted by Gasteiger charge is -2.35. The summed E-state index contributed by atoms with van der Waals surface area (Å²) in [6.45, 7) is 4.64. The summed E-state index contributed by atoms with van der Waals surface area (Å²) < 4.78 is 45.5. The number of anilines is 1. The molecule has 0 aliphatic carbocycles. The van der Waals surface area contributed by atoms with Gasteiger partial charge in [0, 0.05) is 38.4 Å². The first-order chi connectivity index (χ1) is 15.3. The van der Waals surface area contributed by atoms with E-state index < -0.39 is 28.5 Å². The molecule has 1 saturated heterocycles. The molecule has 1 aliphatic heterocycles. The summed E-state index contributed by atoms with van der Waals surface area (Å²) in [5.74, 6) is -1.61. The van der Waals surface area contributed by atoms with E-state index in [2.05, 4.69) is 11.9 Å². The number of ether oxygens (including phenoxy) is 1. The Hall–Kier alpha value is -3.24. The molecule has 1 heterocycles. The van der Waals surface area contributed by atoms with E-state index in [1.54, 1.807) is 12.1 Å². The number of esters is 1. The van der Waals surface area contributed by atoms with Gasteiger partial charge < -0.3 is 15.0 Å². The van der Waals surface area contributed by atoms with E-state index in [0.29, 0.717) is 13.1 Å². The second-order valence-electron chi connectivity index (χ2n) is 7.06. The first-order valence-electron chi connectivity index (χ1n) is 9.96. The summed E-state index contributed by atoms with van der Waals surface area (Å²) in [7, 11) is -3.83. The van der Waals surface area contributed by atoms with Crippen molar-refractivity contribution in [2.45, 2.75) is 4.90 Å². The van der Waals surface area contributed by atoms with Gasteiger partial charge in [-0.3, -0.25) is 4.79 Å². The van der Waals surface area contributed by atoms with Gasteiger partial charge in [0.05, 0.1) is 10.5 Å². The number of nitrogens with one attached hydrogen (secondary N) is 1. The fraction of sp³-hybridized carbons (Fsp3) is 0.273. The molecule has 170 valence electrons. The molecule has 0 bridgehead atoms. The molecule has 2 aromatic carbocycles. The van der Waals surface area contributed by atoms with Crippen molar-refractivity contribution in [3.05, 3.63) is 72.6 Å². The van der Waals surface area contributed by atoms with Crippen molar-refractivity contribution in [2.24, 2.45) is 0 Å². The molecule has 1 fully saturated rings. The van der Waals surface area contributed by atoms with Crippen molar-refractivity contribution in [2.75, 3.05) is 44.2 Å². The van der Waals surface area contributed by atoms with E-state index in [-0.39, 0.29) is 35.9 Å². The van der Waals surface area contributed by atoms with Crippen LogP contribution in [-0.4, -0.2) is 63.9 Å². The number of hydrogen-bond acceptors (Lipinski definition) is 6. The second kappa shape index (κ2) is 10.4. The van der Waals surface area contributed by atoms with Crippen molar-refractivity contribution in [3.63, 3.8) is 0 Å². The number of rotatable bonds is 8. The molecule has 3 rings (SSSR count). The van der Waals surface area contributed by atoms with Crippen LogP contribution in [0.1, 0.15) is 10.4 Å². The summed E-state index contributed by atoms with van der Waals surface area (Å²) in [6, 6.07) is 11.6. The second-order valence-corrected chi connectivity index (χ2v) is 9.00. The largest absolute Gasteiger partial charge is 0.452 e. The highest BCUT2D eigenvalue weighted by atomic mass is 32.2. The molecule has 32 heavy (non-hydrogen) atoms. The average Bonchev–Trinajstić information content (AvgIpc) is 2.81. The molecule has 2 aromatic rings. The van der Waals surface area contributed by atoms with Gasteiger partial charge in [0.15, 0.2) is 6.61 Å². The molecule has 0 spiro atoms. The fourth-order valence-electron chi connectivity index (χ4n) is 3.22. The summed E-state index contributed by atoms with van der Waals surface area (Å²) in [4.78, 5) is 25.7. The highest BCUT2D eigenvalue weighted by Gasteiger charge is 2.29. The molecule has 8 nitrogen and oxygen atoms in total. The first-order valence-corrected chi connectivity index (χ1v) is 11.4. The number of carbonyl (C=O) groups is 2. The van der Waals surface area contributed by atoms with Crippen LogP contribution in [0.5, 0.6) is 0 Å². The zero-order valence-corrected chi connectivity index (χ0v) is 18.2. The molecular weight excluding hydrogens is 437 g/mol. The van der Waals surface area contributed by atoms with Gasteiger partial charge in [-0.25, -0.2) is 17.6 Å². The van der Waals surface area contributed by atoms with Gasteiger partial charge in [-0.2, -0.15) is 4.31 Å². The van der Waals surface area contributed by atoms with Crippen LogP contribution in [0.25, 0.3) is 0 Å². The minimum absolute atomic E-state index is 0.0294. The molecule has 0 unspecified atom stereocenters. The van der Waals surface area contributed by atoms with Crippen LogP contribution in [0.4, 0.5) is 10.1 Å². The highest BCUT2D eigenvalue weighted by Crippen LogP contribution is 2.22. The smallest absolute Gasteiger partial charge is 0.338 e. The minimum Gasteiger partial charge on any atom is -0.452 e. The molecular formula is C22H24FN3O5S. The van der Waals surface area contributed by atoms with Crippen LogP contribution < -0.4 is 10.2 Å². The van der Waals surface area contributed by atoms with Gasteiger partial charge in [-0.15, -0.1) is 6.58 Å². The van der Waals surface area contributed by atoms with E-state index in [9.17, 15) is 22.4 Å². The topological polar surface area (TPSA) is 96.0 Å². The zero-order chi connectivity index (χ0) is 23.1. The van der Waals surface area contributed by atoms with Crippen LogP contribution in [0.3, 0.4) is 0 Å². The number of nitrogens with zero attached hydrogens (tertiary/aromatic N) is 2. The lowest BCUT2D eigenvalue weighted by Crippen LogP contribution is -2.48. The SMILES string of the molecule is C=CCNC(=O)COC(=O)c1cccc(S(=O)(=O)N2CCN(c3ccc(F)cc3)CC2)c1. The summed E-state index contributed by atoms with van der Waals surface area (Å²) in [5, 5.41) is 2.48. The number of benzene rings is 2. The van der Waals surface area contributed by atoms with Crippen molar-refractivity contribution in [3.8, 4) is 0 Å². The quantitative estimate of drug-likeness (QED) is 0.476.